The first kappa shape index (κ1) is 14.7. The number of hydrogen-bond acceptors (Lipinski definition) is 2. The number of carbonyl (C=O) groups excluding carboxylic acids is 2. The van der Waals surface area contributed by atoms with Crippen LogP contribution in [0.4, 0.5) is 4.39 Å². The van der Waals surface area contributed by atoms with Crippen molar-refractivity contribution in [3.8, 4) is 0 Å². The zero-order valence-corrected chi connectivity index (χ0v) is 10.3. The molecule has 2 unspecified atom stereocenters. The van der Waals surface area contributed by atoms with E-state index >= 15 is 0 Å². The van der Waals surface area contributed by atoms with Crippen molar-refractivity contribution in [2.45, 2.75) is 12.1 Å². The second-order valence-corrected chi connectivity index (χ2v) is 3.52. The van der Waals surface area contributed by atoms with E-state index in [2.05, 4.69) is 5.32 Å². The van der Waals surface area contributed by atoms with Crippen LogP contribution in [-0.4, -0.2) is 42.5 Å². The van der Waals surface area contributed by atoms with E-state index in [1.165, 1.54) is 11.9 Å². The molecule has 0 aromatic heterocycles. The van der Waals surface area contributed by atoms with Crippen LogP contribution >= 0.6 is 11.6 Å². The number of carbonyl (C=O) groups is 2. The molecule has 0 aliphatic carbocycles. The van der Waals surface area contributed by atoms with Gasteiger partial charge in [0.1, 0.15) is 0 Å². The van der Waals surface area contributed by atoms with Gasteiger partial charge in [-0.2, -0.15) is 0 Å². The van der Waals surface area contributed by atoms with Gasteiger partial charge in [0.25, 0.3) is 11.5 Å². The minimum atomic E-state index is -2.01. The molecule has 1 aliphatic heterocycles. The molecular weight excluding hydrogens is 261 g/mol. The summed E-state index contributed by atoms with van der Waals surface area (Å²) in [6, 6.07) is 0. The molecule has 0 spiro atoms. The Morgan fingerprint density at radius 2 is 2.20 bits per heavy atom. The fourth-order valence-electron chi connectivity index (χ4n) is 1.48. The Kier molecular flexibility index (Phi) is 6.25. The summed E-state index contributed by atoms with van der Waals surface area (Å²) in [5, 5.41) is 3.51. The van der Waals surface area contributed by atoms with E-state index in [0.29, 0.717) is 13.0 Å². The average molecular weight is 273 g/mol. The molecule has 0 bridgehead atoms. The summed E-state index contributed by atoms with van der Waals surface area (Å²) in [4.78, 5) is 23.5. The maximum atomic E-state index is 12.4. The molecule has 0 saturated carbocycles. The monoisotopic (exact) mass is 272 g/mol. The number of likely N-dealkylation sites (tertiary alicyclic amines) is 1. The third kappa shape index (κ3) is 3.66. The molecule has 1 radical (unpaired) electrons. The van der Waals surface area contributed by atoms with Crippen LogP contribution in [-0.2, 0) is 28.1 Å². The van der Waals surface area contributed by atoms with Gasteiger partial charge in [0, 0.05) is 37.6 Å². The van der Waals surface area contributed by atoms with E-state index in [1.54, 1.807) is 0 Å². The van der Waals surface area contributed by atoms with Gasteiger partial charge in [-0.1, -0.05) is 11.6 Å². The van der Waals surface area contributed by atoms with Crippen molar-refractivity contribution in [2.75, 3.05) is 20.1 Å². The van der Waals surface area contributed by atoms with Crippen LogP contribution in [0.5, 0.6) is 0 Å². The maximum Gasteiger partial charge on any atom is 0.272 e. The quantitative estimate of drug-likeness (QED) is 0.701. The van der Waals surface area contributed by atoms with Crippen LogP contribution in [0.2, 0.25) is 0 Å². The Balaban J connectivity index is 0.00000196. The molecule has 1 saturated heterocycles. The molecule has 1 rings (SSSR count). The van der Waals surface area contributed by atoms with Gasteiger partial charge >= 0.3 is 0 Å². The second kappa shape index (κ2) is 6.35. The normalized spacial score (nSPS) is 21.8. The Bertz CT molecular complexity index is 253. The summed E-state index contributed by atoms with van der Waals surface area (Å²) in [7, 11) is 1.41. The molecule has 1 fully saturated rings. The van der Waals surface area contributed by atoms with Crippen LogP contribution < -0.4 is 0 Å². The Hall–Kier alpha value is -0.256. The van der Waals surface area contributed by atoms with Crippen molar-refractivity contribution in [1.29, 1.82) is 0 Å². The Labute approximate surface area is 104 Å². The number of rotatable bonds is 2. The summed E-state index contributed by atoms with van der Waals surface area (Å²) in [6.07, 6.45) is 0.533. The summed E-state index contributed by atoms with van der Waals surface area (Å²) in [5.74, 6) is -1.30. The predicted octanol–water partition coefficient (Wildman–Crippen LogP) is 0.897. The number of alkyl halides is 2. The van der Waals surface area contributed by atoms with E-state index < -0.39 is 11.5 Å². The molecule has 7 heteroatoms. The predicted molar refractivity (Wildman–Crippen MR) is 49.7 cm³/mol. The Morgan fingerprint density at radius 1 is 1.60 bits per heavy atom. The van der Waals surface area contributed by atoms with E-state index in [-0.39, 0.29) is 36.9 Å². The topological polar surface area (TPSA) is 51.5 Å². The fourth-order valence-corrected chi connectivity index (χ4v) is 1.62. The van der Waals surface area contributed by atoms with Crippen LogP contribution in [0.1, 0.15) is 6.42 Å². The van der Waals surface area contributed by atoms with Crippen LogP contribution in [0.15, 0.2) is 0 Å². The van der Waals surface area contributed by atoms with E-state index in [0.717, 1.165) is 0 Å². The van der Waals surface area contributed by atoms with Crippen molar-refractivity contribution >= 4 is 23.4 Å². The number of halogens is 2. The first-order valence-electron chi connectivity index (χ1n) is 4.27. The number of hydrogen-bond donors (Lipinski definition) is 0. The summed E-state index contributed by atoms with van der Waals surface area (Å²) < 4.78 is 12.4. The fraction of sp³-hybridized carbons (Fsp3) is 0.750. The smallest absolute Gasteiger partial charge is 0.272 e. The molecule has 1 heterocycles. The van der Waals surface area contributed by atoms with Gasteiger partial charge < -0.3 is 15.0 Å². The largest absolute Gasteiger partial charge is 0.656 e. The summed E-state index contributed by atoms with van der Waals surface area (Å²) >= 11 is 5.00. The van der Waals surface area contributed by atoms with Gasteiger partial charge in [0.2, 0.25) is 0 Å². The van der Waals surface area contributed by atoms with Crippen molar-refractivity contribution in [1.82, 2.24) is 4.90 Å². The first-order chi connectivity index (χ1) is 6.56. The third-order valence-electron chi connectivity index (χ3n) is 2.26. The number of amides is 2. The zero-order chi connectivity index (χ0) is 10.7. The SMILES string of the molecule is C[N-]C(=O)C1CCN(C(=O)C(F)Cl)C1.[V]. The van der Waals surface area contributed by atoms with E-state index in [4.69, 9.17) is 11.6 Å². The minimum Gasteiger partial charge on any atom is -0.656 e. The maximum absolute atomic E-state index is 12.4. The van der Waals surface area contributed by atoms with Crippen LogP contribution in [0.3, 0.4) is 0 Å². The molecule has 0 N–H and O–H groups in total. The molecule has 0 aromatic rings. The first-order valence-corrected chi connectivity index (χ1v) is 4.70. The summed E-state index contributed by atoms with van der Waals surface area (Å²) in [5.41, 5.74) is -2.01. The van der Waals surface area contributed by atoms with Gasteiger partial charge in [0.15, 0.2) is 0 Å². The third-order valence-corrected chi connectivity index (χ3v) is 2.44. The molecule has 2 amide bonds. The second-order valence-electron chi connectivity index (χ2n) is 3.13. The molecule has 85 valence electrons. The molecule has 15 heavy (non-hydrogen) atoms. The molecule has 0 aromatic carbocycles. The number of nitrogens with zero attached hydrogens (tertiary/aromatic N) is 2. The van der Waals surface area contributed by atoms with Crippen LogP contribution in [0, 0.1) is 5.92 Å². The average Bonchev–Trinajstić information content (AvgIpc) is 2.64. The summed E-state index contributed by atoms with van der Waals surface area (Å²) in [6.45, 7) is 0.597. The zero-order valence-electron chi connectivity index (χ0n) is 8.19. The minimum absolute atomic E-state index is 0. The molecule has 4 nitrogen and oxygen atoms in total. The van der Waals surface area contributed by atoms with E-state index in [9.17, 15) is 14.0 Å². The Morgan fingerprint density at radius 3 is 2.67 bits per heavy atom. The van der Waals surface area contributed by atoms with Gasteiger partial charge in [-0.3, -0.25) is 4.79 Å². The van der Waals surface area contributed by atoms with Gasteiger partial charge in [0.05, 0.1) is 5.91 Å². The van der Waals surface area contributed by atoms with Crippen molar-refractivity contribution in [3.63, 3.8) is 0 Å². The van der Waals surface area contributed by atoms with Gasteiger partial charge in [-0.15, -0.1) is 7.05 Å². The van der Waals surface area contributed by atoms with E-state index in [1.807, 2.05) is 0 Å². The van der Waals surface area contributed by atoms with Crippen molar-refractivity contribution < 1.29 is 32.5 Å². The molecular formula is C8H11ClFN2O2V-. The van der Waals surface area contributed by atoms with Crippen molar-refractivity contribution in [3.05, 3.63) is 5.32 Å². The standard InChI is InChI=1S/C8H12ClFN2O2.V/c1-11-7(13)5-2-3-12(4-5)8(14)6(9)10;/h5-6H,2-4H2,1H3,(H,11,13);/p-1. The van der Waals surface area contributed by atoms with Gasteiger partial charge in [-0.05, 0) is 6.42 Å². The molecule has 2 atom stereocenters. The molecule has 1 aliphatic rings. The van der Waals surface area contributed by atoms with Gasteiger partial charge in [-0.25, -0.2) is 4.39 Å². The van der Waals surface area contributed by atoms with Crippen molar-refractivity contribution in [2.24, 2.45) is 5.92 Å². The van der Waals surface area contributed by atoms with Crippen LogP contribution in [0.25, 0.3) is 5.32 Å².